The number of thiophene rings is 2. The maximum absolute atomic E-state index is 11.8. The Labute approximate surface area is 146 Å². The first-order valence-corrected chi connectivity index (χ1v) is 9.05. The van der Waals surface area contributed by atoms with Gasteiger partial charge in [-0.1, -0.05) is 11.6 Å². The fourth-order valence-electron chi connectivity index (χ4n) is 2.10. The van der Waals surface area contributed by atoms with Crippen LogP contribution >= 0.6 is 34.3 Å². The fraction of sp³-hybridized carbons (Fsp3) is 0.250. The van der Waals surface area contributed by atoms with E-state index in [1.807, 2.05) is 25.1 Å². The van der Waals surface area contributed by atoms with Crippen LogP contribution in [-0.2, 0) is 16.0 Å². The van der Waals surface area contributed by atoms with Crippen LogP contribution in [0.5, 0.6) is 0 Å². The molecule has 23 heavy (non-hydrogen) atoms. The summed E-state index contributed by atoms with van der Waals surface area (Å²) in [5, 5.41) is 0. The van der Waals surface area contributed by atoms with Gasteiger partial charge in [0.05, 0.1) is 32.8 Å². The van der Waals surface area contributed by atoms with Crippen LogP contribution in [0.1, 0.15) is 17.5 Å². The molecule has 120 valence electrons. The highest BCUT2D eigenvalue weighted by atomic mass is 35.5. The van der Waals surface area contributed by atoms with Crippen LogP contribution in [0.25, 0.3) is 21.4 Å². The number of aryl methyl sites for hydroxylation is 1. The van der Waals surface area contributed by atoms with E-state index < -0.39 is 0 Å². The number of carbonyl (C=O) groups excluding carboxylic acids is 1. The van der Waals surface area contributed by atoms with E-state index in [-0.39, 0.29) is 12.4 Å². The van der Waals surface area contributed by atoms with Crippen LogP contribution in [0, 0.1) is 6.92 Å². The molecule has 0 bridgehead atoms. The number of hydrogen-bond acceptors (Lipinski definition) is 6. The van der Waals surface area contributed by atoms with E-state index in [2.05, 4.69) is 4.98 Å². The van der Waals surface area contributed by atoms with Gasteiger partial charge in [-0.25, -0.2) is 4.98 Å². The molecule has 0 amide bonds. The molecule has 0 saturated heterocycles. The number of ether oxygens (including phenoxy) is 1. The number of oxazole rings is 1. The molecule has 3 rings (SSSR count). The summed E-state index contributed by atoms with van der Waals surface area (Å²) in [7, 11) is 0. The van der Waals surface area contributed by atoms with Crippen molar-refractivity contribution in [3.05, 3.63) is 39.2 Å². The summed E-state index contributed by atoms with van der Waals surface area (Å²) in [5.74, 6) is 0.775. The average molecular weight is 368 g/mol. The third kappa shape index (κ3) is 3.65. The van der Waals surface area contributed by atoms with E-state index in [0.717, 1.165) is 9.75 Å². The minimum atomic E-state index is -0.321. The van der Waals surface area contributed by atoms with Gasteiger partial charge in [0.25, 0.3) is 0 Å². The van der Waals surface area contributed by atoms with E-state index in [9.17, 15) is 4.79 Å². The van der Waals surface area contributed by atoms with Crippen molar-refractivity contribution < 1.29 is 13.9 Å². The normalized spacial score (nSPS) is 10.9. The van der Waals surface area contributed by atoms with Crippen LogP contribution in [0.15, 0.2) is 28.7 Å². The lowest BCUT2D eigenvalue weighted by Gasteiger charge is -2.00. The number of halogens is 1. The first-order valence-electron chi connectivity index (χ1n) is 7.04. The molecule has 7 heteroatoms. The molecule has 0 unspecified atom stereocenters. The molecule has 0 spiro atoms. The zero-order chi connectivity index (χ0) is 16.4. The molecule has 3 heterocycles. The minimum Gasteiger partial charge on any atom is -0.466 e. The summed E-state index contributed by atoms with van der Waals surface area (Å²) < 4.78 is 11.6. The predicted octanol–water partition coefficient (Wildman–Crippen LogP) is 5.20. The summed E-state index contributed by atoms with van der Waals surface area (Å²) in [6, 6.07) is 7.64. The maximum Gasteiger partial charge on any atom is 0.312 e. The third-order valence-corrected chi connectivity index (χ3v) is 5.28. The van der Waals surface area contributed by atoms with Crippen molar-refractivity contribution in [2.45, 2.75) is 20.3 Å². The molecule has 4 nitrogen and oxygen atoms in total. The minimum absolute atomic E-state index is 0.0759. The second-order valence-corrected chi connectivity index (χ2v) is 7.79. The van der Waals surface area contributed by atoms with Gasteiger partial charge in [-0.2, -0.15) is 0 Å². The van der Waals surface area contributed by atoms with Crippen LogP contribution in [0.2, 0.25) is 4.34 Å². The van der Waals surface area contributed by atoms with Crippen molar-refractivity contribution in [1.29, 1.82) is 0 Å². The summed E-state index contributed by atoms with van der Waals surface area (Å²) in [4.78, 5) is 19.3. The lowest BCUT2D eigenvalue weighted by atomic mass is 10.2. The Balaban J connectivity index is 2.01. The molecule has 0 atom stereocenters. The average Bonchev–Trinajstić information content (AvgIpc) is 3.19. The van der Waals surface area contributed by atoms with Crippen molar-refractivity contribution in [3.63, 3.8) is 0 Å². The summed E-state index contributed by atoms with van der Waals surface area (Å²) >= 11 is 9.00. The molecule has 0 fully saturated rings. The zero-order valence-corrected chi connectivity index (χ0v) is 15.0. The second-order valence-electron chi connectivity index (χ2n) is 4.79. The van der Waals surface area contributed by atoms with Gasteiger partial charge in [-0.05, 0) is 38.1 Å². The van der Waals surface area contributed by atoms with E-state index in [0.29, 0.717) is 28.3 Å². The lowest BCUT2D eigenvalue weighted by molar-refractivity contribution is -0.142. The maximum atomic E-state index is 11.8. The van der Waals surface area contributed by atoms with Crippen molar-refractivity contribution in [2.24, 2.45) is 0 Å². The molecule has 0 aliphatic heterocycles. The molecule has 0 aliphatic rings. The first kappa shape index (κ1) is 16.2. The van der Waals surface area contributed by atoms with Gasteiger partial charge in [0, 0.05) is 4.88 Å². The number of carbonyl (C=O) groups is 1. The summed E-state index contributed by atoms with van der Waals surface area (Å²) in [6.45, 7) is 4.14. The quantitative estimate of drug-likeness (QED) is 0.581. The zero-order valence-electron chi connectivity index (χ0n) is 12.6. The Bertz CT molecular complexity index is 834. The Morgan fingerprint density at radius 1 is 1.26 bits per heavy atom. The molecule has 0 aromatic carbocycles. The second kappa shape index (κ2) is 6.86. The summed E-state index contributed by atoms with van der Waals surface area (Å²) in [6.07, 6.45) is 0.0759. The molecule has 0 aliphatic carbocycles. The first-order chi connectivity index (χ1) is 11.1. The Hall–Kier alpha value is -1.63. The predicted molar refractivity (Wildman–Crippen MR) is 93.2 cm³/mol. The molecular weight excluding hydrogens is 354 g/mol. The van der Waals surface area contributed by atoms with E-state index in [4.69, 9.17) is 20.8 Å². The number of aromatic nitrogens is 1. The van der Waals surface area contributed by atoms with Crippen molar-refractivity contribution in [1.82, 2.24) is 4.98 Å². The van der Waals surface area contributed by atoms with E-state index >= 15 is 0 Å². The van der Waals surface area contributed by atoms with Gasteiger partial charge in [-0.3, -0.25) is 4.79 Å². The monoisotopic (exact) mass is 367 g/mol. The van der Waals surface area contributed by atoms with Gasteiger partial charge in [0.2, 0.25) is 5.89 Å². The van der Waals surface area contributed by atoms with Crippen LogP contribution in [0.3, 0.4) is 0 Å². The molecule has 0 N–H and O–H groups in total. The highest BCUT2D eigenvalue weighted by Gasteiger charge is 2.21. The largest absolute Gasteiger partial charge is 0.466 e. The molecule has 0 saturated carbocycles. The van der Waals surface area contributed by atoms with Gasteiger partial charge in [0.1, 0.15) is 0 Å². The molecule has 3 aromatic rings. The Morgan fingerprint density at radius 2 is 2.04 bits per heavy atom. The summed E-state index contributed by atoms with van der Waals surface area (Å²) in [5.41, 5.74) is 0.572. The highest BCUT2D eigenvalue weighted by Crippen LogP contribution is 2.37. The van der Waals surface area contributed by atoms with E-state index in [1.54, 1.807) is 24.3 Å². The molecular formula is C16H14ClNO3S2. The Morgan fingerprint density at radius 3 is 2.65 bits per heavy atom. The van der Waals surface area contributed by atoms with Crippen molar-refractivity contribution in [2.75, 3.05) is 6.61 Å². The topological polar surface area (TPSA) is 52.3 Å². The van der Waals surface area contributed by atoms with Crippen molar-refractivity contribution in [3.8, 4) is 21.4 Å². The van der Waals surface area contributed by atoms with Gasteiger partial charge < -0.3 is 9.15 Å². The number of esters is 1. The third-order valence-electron chi connectivity index (χ3n) is 3.06. The number of nitrogens with zero attached hydrogens (tertiary/aromatic N) is 1. The van der Waals surface area contributed by atoms with Gasteiger partial charge in [-0.15, -0.1) is 22.7 Å². The van der Waals surface area contributed by atoms with Crippen LogP contribution in [-0.4, -0.2) is 17.6 Å². The smallest absolute Gasteiger partial charge is 0.312 e. The fourth-order valence-corrected chi connectivity index (χ4v) is 3.94. The highest BCUT2D eigenvalue weighted by molar-refractivity contribution is 7.19. The van der Waals surface area contributed by atoms with Crippen molar-refractivity contribution >= 4 is 40.2 Å². The molecule has 0 radical (unpaired) electrons. The standard InChI is InChI=1S/C16H14ClNO3S2/c1-3-20-14(19)8-10-15(11-6-7-13(17)23-11)21-16(18-10)12-5-4-9(2)22-12/h4-7H,3,8H2,1-2H3. The van der Waals surface area contributed by atoms with E-state index in [1.165, 1.54) is 16.2 Å². The molecule has 3 aromatic heterocycles. The van der Waals surface area contributed by atoms with Crippen LogP contribution in [0.4, 0.5) is 0 Å². The number of rotatable bonds is 5. The van der Waals surface area contributed by atoms with Gasteiger partial charge >= 0.3 is 5.97 Å². The van der Waals surface area contributed by atoms with Gasteiger partial charge in [0.15, 0.2) is 5.76 Å². The Kier molecular flexibility index (Phi) is 4.84. The SMILES string of the molecule is CCOC(=O)Cc1nc(-c2ccc(C)s2)oc1-c1ccc(Cl)s1. The lowest BCUT2D eigenvalue weighted by Crippen LogP contribution is -2.08. The van der Waals surface area contributed by atoms with Crippen LogP contribution < -0.4 is 0 Å². The number of hydrogen-bond donors (Lipinski definition) is 0.